The van der Waals surface area contributed by atoms with E-state index in [-0.39, 0.29) is 5.78 Å². The third-order valence-corrected chi connectivity index (χ3v) is 7.62. The maximum absolute atomic E-state index is 13.0. The van der Waals surface area contributed by atoms with Crippen LogP contribution in [0, 0.1) is 13.8 Å². The molecule has 2 fully saturated rings. The van der Waals surface area contributed by atoms with Gasteiger partial charge in [-0.05, 0) is 62.1 Å². The van der Waals surface area contributed by atoms with E-state index in [1.807, 2.05) is 43.3 Å². The molecular formula is C27H30N4O2. The summed E-state index contributed by atoms with van der Waals surface area (Å²) in [6.07, 6.45) is 4.47. The Morgan fingerprint density at radius 3 is 2.06 bits per heavy atom. The normalized spacial score (nSPS) is 19.8. The van der Waals surface area contributed by atoms with E-state index in [0.717, 1.165) is 84.1 Å². The Morgan fingerprint density at radius 2 is 1.42 bits per heavy atom. The minimum atomic E-state index is -0.416. The molecule has 3 aliphatic rings. The van der Waals surface area contributed by atoms with Crippen molar-refractivity contribution in [3.63, 3.8) is 0 Å². The molecule has 2 aromatic carbocycles. The van der Waals surface area contributed by atoms with Gasteiger partial charge in [0.1, 0.15) is 11.4 Å². The van der Waals surface area contributed by atoms with Crippen molar-refractivity contribution in [1.29, 1.82) is 0 Å². The molecule has 0 atom stereocenters. The Labute approximate surface area is 194 Å². The SMILES string of the molecule is Cc1cc2c(cc1C)C(=O)CC1(CCN(c3nc4ccccc4nc3N3CCCC3)CC1)O2. The topological polar surface area (TPSA) is 58.6 Å². The first-order valence-corrected chi connectivity index (χ1v) is 12.1. The number of para-hydroxylation sites is 2. The van der Waals surface area contributed by atoms with E-state index in [4.69, 9.17) is 14.7 Å². The zero-order valence-corrected chi connectivity index (χ0v) is 19.4. The van der Waals surface area contributed by atoms with Crippen LogP contribution in [0.4, 0.5) is 11.6 Å². The predicted molar refractivity (Wildman–Crippen MR) is 131 cm³/mol. The van der Waals surface area contributed by atoms with Crippen LogP contribution >= 0.6 is 0 Å². The van der Waals surface area contributed by atoms with Gasteiger partial charge in [-0.3, -0.25) is 4.79 Å². The molecule has 4 heterocycles. The van der Waals surface area contributed by atoms with Gasteiger partial charge in [-0.2, -0.15) is 0 Å². The second-order valence-electron chi connectivity index (χ2n) is 9.86. The van der Waals surface area contributed by atoms with Crippen LogP contribution in [-0.4, -0.2) is 47.5 Å². The minimum Gasteiger partial charge on any atom is -0.486 e. The monoisotopic (exact) mass is 442 g/mol. The van der Waals surface area contributed by atoms with Gasteiger partial charge in [-0.1, -0.05) is 12.1 Å². The summed E-state index contributed by atoms with van der Waals surface area (Å²) in [5.41, 5.74) is 4.50. The lowest BCUT2D eigenvalue weighted by atomic mass is 9.82. The molecule has 6 nitrogen and oxygen atoms in total. The van der Waals surface area contributed by atoms with Gasteiger partial charge in [-0.15, -0.1) is 0 Å². The number of ether oxygens (including phenoxy) is 1. The summed E-state index contributed by atoms with van der Waals surface area (Å²) in [7, 11) is 0. The standard InChI is InChI=1S/C27H30N4O2/c1-18-15-20-23(32)17-27(33-24(20)16-19(18)2)9-13-31(14-10-27)26-25(30-11-5-6-12-30)28-21-7-3-4-8-22(21)29-26/h3-4,7-8,15-16H,5-6,9-14,17H2,1-2H3. The highest BCUT2D eigenvalue weighted by Crippen LogP contribution is 2.42. The van der Waals surface area contributed by atoms with Crippen LogP contribution in [0.25, 0.3) is 11.0 Å². The number of hydrogen-bond donors (Lipinski definition) is 0. The van der Waals surface area contributed by atoms with Crippen LogP contribution in [-0.2, 0) is 0 Å². The average Bonchev–Trinajstić information content (AvgIpc) is 3.35. The number of benzene rings is 2. The lowest BCUT2D eigenvalue weighted by Gasteiger charge is -2.44. The largest absolute Gasteiger partial charge is 0.486 e. The van der Waals surface area contributed by atoms with Crippen LogP contribution in [0.15, 0.2) is 36.4 Å². The molecule has 0 bridgehead atoms. The van der Waals surface area contributed by atoms with Crippen LogP contribution in [0.2, 0.25) is 0 Å². The van der Waals surface area contributed by atoms with Gasteiger partial charge >= 0.3 is 0 Å². The number of nitrogens with zero attached hydrogens (tertiary/aromatic N) is 4. The van der Waals surface area contributed by atoms with E-state index in [1.54, 1.807) is 0 Å². The summed E-state index contributed by atoms with van der Waals surface area (Å²) in [6.45, 7) is 7.80. The molecule has 0 saturated carbocycles. The first-order valence-electron chi connectivity index (χ1n) is 12.1. The molecule has 3 aliphatic heterocycles. The maximum Gasteiger partial charge on any atom is 0.172 e. The third kappa shape index (κ3) is 3.52. The van der Waals surface area contributed by atoms with Crippen LogP contribution < -0.4 is 14.5 Å². The minimum absolute atomic E-state index is 0.205. The van der Waals surface area contributed by atoms with Crippen molar-refractivity contribution in [3.05, 3.63) is 53.1 Å². The highest BCUT2D eigenvalue weighted by molar-refractivity contribution is 6.00. The highest BCUT2D eigenvalue weighted by Gasteiger charge is 2.43. The highest BCUT2D eigenvalue weighted by atomic mass is 16.5. The molecule has 6 heteroatoms. The number of fused-ring (bicyclic) bond motifs is 2. The van der Waals surface area contributed by atoms with E-state index in [1.165, 1.54) is 12.8 Å². The van der Waals surface area contributed by atoms with Gasteiger partial charge in [-0.25, -0.2) is 9.97 Å². The summed E-state index contributed by atoms with van der Waals surface area (Å²) in [5.74, 6) is 2.93. The number of aryl methyl sites for hydroxylation is 2. The Balaban J connectivity index is 1.29. The Kier molecular flexibility index (Phi) is 4.78. The summed E-state index contributed by atoms with van der Waals surface area (Å²) in [4.78, 5) is 27.8. The molecule has 0 radical (unpaired) electrons. The predicted octanol–water partition coefficient (Wildman–Crippen LogP) is 4.85. The number of piperidine rings is 1. The summed E-state index contributed by atoms with van der Waals surface area (Å²) in [6, 6.07) is 12.1. The quantitative estimate of drug-likeness (QED) is 0.565. The smallest absolute Gasteiger partial charge is 0.172 e. The van der Waals surface area contributed by atoms with Gasteiger partial charge in [0, 0.05) is 39.0 Å². The summed E-state index contributed by atoms with van der Waals surface area (Å²) >= 11 is 0. The second kappa shape index (κ2) is 7.72. The average molecular weight is 443 g/mol. The first-order chi connectivity index (χ1) is 16.0. The van der Waals surface area contributed by atoms with E-state index < -0.39 is 5.60 Å². The van der Waals surface area contributed by atoms with Gasteiger partial charge in [0.15, 0.2) is 17.4 Å². The molecule has 0 aliphatic carbocycles. The molecule has 3 aromatic rings. The van der Waals surface area contributed by atoms with E-state index in [2.05, 4.69) is 16.7 Å². The molecule has 33 heavy (non-hydrogen) atoms. The zero-order chi connectivity index (χ0) is 22.6. The van der Waals surface area contributed by atoms with Crippen molar-refractivity contribution in [1.82, 2.24) is 9.97 Å². The lowest BCUT2D eigenvalue weighted by Crippen LogP contribution is -2.51. The van der Waals surface area contributed by atoms with E-state index in [0.29, 0.717) is 6.42 Å². The number of Topliss-reactive ketones (excluding diaryl/α,β-unsaturated/α-hetero) is 1. The molecule has 0 amide bonds. The van der Waals surface area contributed by atoms with Crippen molar-refractivity contribution in [2.45, 2.75) is 51.6 Å². The van der Waals surface area contributed by atoms with Crippen LogP contribution in [0.1, 0.15) is 53.6 Å². The number of carbonyl (C=O) groups excluding carboxylic acids is 1. The number of carbonyl (C=O) groups is 1. The summed E-state index contributed by atoms with van der Waals surface area (Å²) < 4.78 is 6.56. The van der Waals surface area contributed by atoms with Gasteiger partial charge in [0.25, 0.3) is 0 Å². The Morgan fingerprint density at radius 1 is 0.848 bits per heavy atom. The molecule has 1 aromatic heterocycles. The Hall–Kier alpha value is -3.15. The number of ketones is 1. The molecule has 1 spiro atoms. The first kappa shape index (κ1) is 20.5. The fourth-order valence-electron chi connectivity index (χ4n) is 5.49. The molecule has 0 N–H and O–H groups in total. The maximum atomic E-state index is 13.0. The molecule has 170 valence electrons. The van der Waals surface area contributed by atoms with Gasteiger partial charge in [0.2, 0.25) is 0 Å². The van der Waals surface area contributed by atoms with Crippen molar-refractivity contribution >= 4 is 28.5 Å². The molecular weight excluding hydrogens is 412 g/mol. The fraction of sp³-hybridized carbons (Fsp3) is 0.444. The molecule has 2 saturated heterocycles. The van der Waals surface area contributed by atoms with Crippen LogP contribution in [0.5, 0.6) is 5.75 Å². The van der Waals surface area contributed by atoms with Crippen LogP contribution in [0.3, 0.4) is 0 Å². The Bertz CT molecular complexity index is 1240. The van der Waals surface area contributed by atoms with Crippen molar-refractivity contribution in [2.75, 3.05) is 36.0 Å². The number of aromatic nitrogens is 2. The lowest BCUT2D eigenvalue weighted by molar-refractivity contribution is 0.0230. The summed E-state index contributed by atoms with van der Waals surface area (Å²) in [5, 5.41) is 0. The van der Waals surface area contributed by atoms with Crippen molar-refractivity contribution in [2.24, 2.45) is 0 Å². The molecule has 6 rings (SSSR count). The second-order valence-corrected chi connectivity index (χ2v) is 9.86. The zero-order valence-electron chi connectivity index (χ0n) is 19.4. The molecule has 0 unspecified atom stereocenters. The number of hydrogen-bond acceptors (Lipinski definition) is 6. The van der Waals surface area contributed by atoms with E-state index in [9.17, 15) is 4.79 Å². The van der Waals surface area contributed by atoms with Crippen molar-refractivity contribution < 1.29 is 9.53 Å². The third-order valence-electron chi connectivity index (χ3n) is 7.62. The number of anilines is 2. The van der Waals surface area contributed by atoms with Gasteiger partial charge < -0.3 is 14.5 Å². The fourth-order valence-corrected chi connectivity index (χ4v) is 5.49. The van der Waals surface area contributed by atoms with E-state index >= 15 is 0 Å². The van der Waals surface area contributed by atoms with Gasteiger partial charge in [0.05, 0.1) is 23.0 Å². The van der Waals surface area contributed by atoms with Crippen molar-refractivity contribution in [3.8, 4) is 5.75 Å². The number of rotatable bonds is 2.